The van der Waals surface area contributed by atoms with Gasteiger partial charge in [0.05, 0.1) is 0 Å². The Morgan fingerprint density at radius 3 is 2.75 bits per heavy atom. The maximum absolute atomic E-state index is 13.4. The molecule has 0 saturated carbocycles. The number of benzene rings is 2. The number of halogens is 3. The van der Waals surface area contributed by atoms with Crippen LogP contribution >= 0.6 is 42.6 Å². The molecule has 0 bridgehead atoms. The van der Waals surface area contributed by atoms with Crippen LogP contribution < -0.4 is 5.32 Å². The zero-order valence-electron chi connectivity index (χ0n) is 14.2. The normalized spacial score (nSPS) is 13.1. The van der Waals surface area contributed by atoms with Crippen LogP contribution in [0.3, 0.4) is 0 Å². The first-order valence-corrected chi connectivity index (χ1v) is 11.1. The summed E-state index contributed by atoms with van der Waals surface area (Å²) in [7, 11) is -2.54. The summed E-state index contributed by atoms with van der Waals surface area (Å²) in [6.45, 7) is 0. The van der Waals surface area contributed by atoms with Crippen LogP contribution in [0.1, 0.15) is 17.0 Å². The van der Waals surface area contributed by atoms with E-state index in [4.69, 9.17) is 23.2 Å². The molecule has 1 heterocycles. The maximum atomic E-state index is 13.4. The van der Waals surface area contributed by atoms with E-state index >= 15 is 0 Å². The second-order valence-electron chi connectivity index (χ2n) is 5.96. The van der Waals surface area contributed by atoms with Crippen LogP contribution in [-0.4, -0.2) is 17.0 Å². The number of fused-ring (bicyclic) bond motifs is 1. The molecule has 0 radical (unpaired) electrons. The van der Waals surface area contributed by atoms with Crippen molar-refractivity contribution in [2.75, 3.05) is 6.16 Å². The Morgan fingerprint density at radius 1 is 1.25 bits per heavy atom. The standard InChI is InChI=1S/C19H13Cl2FNO3PS/c20-12-1-2-18-15(8-12)17(10-28-18)16(9-27(25)26)19(24)23-4-3-11-5-13(21)7-14(22)6-11/h1-8,10,16H,9H2,(H-,23,24,25,26)/p+1/b4-3+. The lowest BCUT2D eigenvalue weighted by atomic mass is 9.99. The highest BCUT2D eigenvalue weighted by Gasteiger charge is 2.31. The van der Waals surface area contributed by atoms with Crippen molar-refractivity contribution >= 4 is 64.6 Å². The van der Waals surface area contributed by atoms with Crippen molar-refractivity contribution in [2.24, 2.45) is 0 Å². The first kappa shape index (κ1) is 20.9. The molecule has 1 amide bonds. The van der Waals surface area contributed by atoms with Crippen LogP contribution in [-0.2, 0) is 9.36 Å². The predicted molar refractivity (Wildman–Crippen MR) is 113 cm³/mol. The molecule has 2 N–H and O–H groups in total. The summed E-state index contributed by atoms with van der Waals surface area (Å²) in [4.78, 5) is 22.1. The minimum atomic E-state index is -2.54. The van der Waals surface area contributed by atoms with E-state index in [2.05, 4.69) is 5.32 Å². The van der Waals surface area contributed by atoms with E-state index in [1.165, 1.54) is 35.7 Å². The van der Waals surface area contributed by atoms with Gasteiger partial charge >= 0.3 is 8.03 Å². The number of rotatable bonds is 6. The average molecular weight is 457 g/mol. The van der Waals surface area contributed by atoms with Gasteiger partial charge in [-0.05, 0) is 68.9 Å². The smallest absolute Gasteiger partial charge is 0.332 e. The molecule has 2 atom stereocenters. The van der Waals surface area contributed by atoms with Crippen LogP contribution in [0.25, 0.3) is 16.2 Å². The van der Waals surface area contributed by atoms with E-state index in [1.807, 2.05) is 6.07 Å². The molecule has 2 aromatic carbocycles. The minimum Gasteiger partial charge on any atom is -0.332 e. The van der Waals surface area contributed by atoms with Crippen molar-refractivity contribution in [2.45, 2.75) is 5.92 Å². The fourth-order valence-corrected chi connectivity index (χ4v) is 4.83. The Morgan fingerprint density at radius 2 is 2.04 bits per heavy atom. The topological polar surface area (TPSA) is 66.4 Å². The number of carbonyl (C=O) groups is 1. The lowest BCUT2D eigenvalue weighted by molar-refractivity contribution is -0.121. The van der Waals surface area contributed by atoms with Gasteiger partial charge < -0.3 is 5.32 Å². The molecule has 0 aliphatic rings. The number of thiophene rings is 1. The van der Waals surface area contributed by atoms with Crippen molar-refractivity contribution in [1.82, 2.24) is 5.32 Å². The Labute approximate surface area is 175 Å². The molecule has 9 heteroatoms. The van der Waals surface area contributed by atoms with Gasteiger partial charge in [-0.25, -0.2) is 4.39 Å². The van der Waals surface area contributed by atoms with E-state index in [1.54, 1.807) is 23.6 Å². The van der Waals surface area contributed by atoms with Gasteiger partial charge in [-0.3, -0.25) is 4.79 Å². The Hall–Kier alpha value is -1.82. The van der Waals surface area contributed by atoms with E-state index in [-0.39, 0.29) is 11.2 Å². The number of hydrogen-bond acceptors (Lipinski definition) is 3. The highest BCUT2D eigenvalue weighted by Crippen LogP contribution is 2.36. The molecule has 0 aliphatic carbocycles. The quantitative estimate of drug-likeness (QED) is 0.450. The second kappa shape index (κ2) is 9.12. The van der Waals surface area contributed by atoms with Crippen LogP contribution in [0.4, 0.5) is 4.39 Å². The molecular weight excluding hydrogens is 443 g/mol. The largest absolute Gasteiger partial charge is 0.506 e. The molecule has 2 unspecified atom stereocenters. The van der Waals surface area contributed by atoms with Crippen molar-refractivity contribution < 1.29 is 18.6 Å². The van der Waals surface area contributed by atoms with Gasteiger partial charge in [0, 0.05) is 20.9 Å². The summed E-state index contributed by atoms with van der Waals surface area (Å²) in [5.74, 6) is -1.77. The van der Waals surface area contributed by atoms with Crippen molar-refractivity contribution in [1.29, 1.82) is 0 Å². The highest BCUT2D eigenvalue weighted by molar-refractivity contribution is 7.38. The zero-order valence-corrected chi connectivity index (χ0v) is 17.5. The fourth-order valence-electron chi connectivity index (χ4n) is 2.76. The van der Waals surface area contributed by atoms with E-state index in [0.29, 0.717) is 16.1 Å². The van der Waals surface area contributed by atoms with Crippen LogP contribution in [0, 0.1) is 5.82 Å². The van der Waals surface area contributed by atoms with Gasteiger partial charge in [-0.2, -0.15) is 4.89 Å². The van der Waals surface area contributed by atoms with Gasteiger partial charge in [-0.1, -0.05) is 23.2 Å². The summed E-state index contributed by atoms with van der Waals surface area (Å²) >= 11 is 13.3. The molecule has 3 rings (SSSR count). The number of carbonyl (C=O) groups excluding carboxylic acids is 1. The van der Waals surface area contributed by atoms with Crippen molar-refractivity contribution in [3.63, 3.8) is 0 Å². The van der Waals surface area contributed by atoms with Crippen LogP contribution in [0.15, 0.2) is 48.0 Å². The van der Waals surface area contributed by atoms with Gasteiger partial charge in [0.25, 0.3) is 0 Å². The lowest BCUT2D eigenvalue weighted by Crippen LogP contribution is -2.26. The third-order valence-electron chi connectivity index (χ3n) is 3.98. The first-order valence-electron chi connectivity index (χ1n) is 8.06. The third-order valence-corrected chi connectivity index (χ3v) is 6.09. The summed E-state index contributed by atoms with van der Waals surface area (Å²) in [6.07, 6.45) is 2.62. The molecular formula is C19H14Cl2FNO3PS+. The van der Waals surface area contributed by atoms with E-state index in [0.717, 1.165) is 10.1 Å². The zero-order chi connectivity index (χ0) is 20.3. The average Bonchev–Trinajstić information content (AvgIpc) is 3.01. The minimum absolute atomic E-state index is 0.223. The summed E-state index contributed by atoms with van der Waals surface area (Å²) < 4.78 is 25.8. The summed E-state index contributed by atoms with van der Waals surface area (Å²) in [5, 5.41) is 5.91. The van der Waals surface area contributed by atoms with Crippen LogP contribution in [0.5, 0.6) is 0 Å². The van der Waals surface area contributed by atoms with Crippen LogP contribution in [0.2, 0.25) is 10.0 Å². The fraction of sp³-hybridized carbons (Fsp3) is 0.105. The predicted octanol–water partition coefficient (Wildman–Crippen LogP) is 5.95. The molecule has 1 aromatic heterocycles. The molecule has 4 nitrogen and oxygen atoms in total. The van der Waals surface area contributed by atoms with Gasteiger partial charge in [0.2, 0.25) is 5.91 Å². The molecule has 144 valence electrons. The molecule has 0 fully saturated rings. The summed E-state index contributed by atoms with van der Waals surface area (Å²) in [6, 6.07) is 9.32. The highest BCUT2D eigenvalue weighted by atomic mass is 35.5. The van der Waals surface area contributed by atoms with Gasteiger partial charge in [-0.15, -0.1) is 11.3 Å². The first-order chi connectivity index (χ1) is 13.3. The Bertz CT molecular complexity index is 1070. The second-order valence-corrected chi connectivity index (χ2v) is 8.82. The Balaban J connectivity index is 1.84. The molecule has 0 spiro atoms. The van der Waals surface area contributed by atoms with Crippen molar-refractivity contribution in [3.05, 3.63) is 75.0 Å². The molecule has 0 saturated heterocycles. The number of hydrogen-bond donors (Lipinski definition) is 2. The molecule has 3 aromatic rings. The monoisotopic (exact) mass is 456 g/mol. The molecule has 28 heavy (non-hydrogen) atoms. The number of amides is 1. The summed E-state index contributed by atoms with van der Waals surface area (Å²) in [5.41, 5.74) is 1.11. The lowest BCUT2D eigenvalue weighted by Gasteiger charge is -2.10. The Kier molecular flexibility index (Phi) is 6.81. The van der Waals surface area contributed by atoms with Crippen molar-refractivity contribution in [3.8, 4) is 0 Å². The molecule has 0 aliphatic heterocycles. The maximum Gasteiger partial charge on any atom is 0.506 e. The third kappa shape index (κ3) is 5.16. The number of nitrogens with one attached hydrogen (secondary N) is 1. The van der Waals surface area contributed by atoms with Gasteiger partial charge in [0.1, 0.15) is 11.7 Å². The van der Waals surface area contributed by atoms with E-state index < -0.39 is 25.7 Å². The van der Waals surface area contributed by atoms with E-state index in [9.17, 15) is 18.6 Å². The SMILES string of the molecule is O=C(N/C=C/c1cc(F)cc(Cl)c1)C(C[P+](=O)O)c1csc2ccc(Cl)cc12. The van der Waals surface area contributed by atoms with Gasteiger partial charge in [0.15, 0.2) is 6.16 Å².